The Bertz CT molecular complexity index is 432. The van der Waals surface area contributed by atoms with E-state index in [1.165, 1.54) is 16.7 Å². The van der Waals surface area contributed by atoms with Crippen LogP contribution >= 0.6 is 0 Å². The van der Waals surface area contributed by atoms with Gasteiger partial charge in [-0.2, -0.15) is 0 Å². The van der Waals surface area contributed by atoms with Crippen LogP contribution in [0.4, 0.5) is 0 Å². The van der Waals surface area contributed by atoms with Crippen LogP contribution in [-0.4, -0.2) is 13.7 Å². The maximum Gasteiger partial charge on any atom is 0.122 e. The van der Waals surface area contributed by atoms with Crippen LogP contribution in [0.25, 0.3) is 5.57 Å². The van der Waals surface area contributed by atoms with Crippen molar-refractivity contribution < 1.29 is 4.74 Å². The zero-order chi connectivity index (χ0) is 11.8. The first-order chi connectivity index (χ1) is 7.60. The third-order valence-corrected chi connectivity index (χ3v) is 3.39. The molecular weight excluding hydrogens is 198 g/mol. The van der Waals surface area contributed by atoms with Gasteiger partial charge in [-0.1, -0.05) is 32.1 Å². The lowest BCUT2D eigenvalue weighted by molar-refractivity contribution is 0.410. The van der Waals surface area contributed by atoms with Gasteiger partial charge in [-0.25, -0.2) is 0 Å². The van der Waals surface area contributed by atoms with Gasteiger partial charge < -0.3 is 10.5 Å². The van der Waals surface area contributed by atoms with Crippen molar-refractivity contribution in [2.24, 2.45) is 11.1 Å². The first-order valence-electron chi connectivity index (χ1n) is 5.67. The number of nitrogens with two attached hydrogens (primary N) is 1. The molecule has 86 valence electrons. The van der Waals surface area contributed by atoms with Crippen LogP contribution < -0.4 is 10.5 Å². The molecule has 2 nitrogen and oxygen atoms in total. The lowest BCUT2D eigenvalue weighted by atomic mass is 9.81. The highest BCUT2D eigenvalue weighted by Gasteiger charge is 2.28. The van der Waals surface area contributed by atoms with E-state index in [1.54, 1.807) is 7.11 Å². The summed E-state index contributed by atoms with van der Waals surface area (Å²) in [5.74, 6) is 0.983. The van der Waals surface area contributed by atoms with Gasteiger partial charge in [0.25, 0.3) is 0 Å². The number of methoxy groups -OCH3 is 1. The molecule has 2 rings (SSSR count). The molecule has 0 amide bonds. The van der Waals surface area contributed by atoms with Crippen LogP contribution in [0.5, 0.6) is 5.75 Å². The molecule has 1 aromatic rings. The topological polar surface area (TPSA) is 35.2 Å². The minimum absolute atomic E-state index is 0.0393. The lowest BCUT2D eigenvalue weighted by Gasteiger charge is -2.25. The van der Waals surface area contributed by atoms with Gasteiger partial charge in [0.2, 0.25) is 0 Å². The number of hydrogen-bond acceptors (Lipinski definition) is 2. The molecule has 2 N–H and O–H groups in total. The van der Waals surface area contributed by atoms with Crippen LogP contribution in [0, 0.1) is 5.41 Å². The van der Waals surface area contributed by atoms with Crippen LogP contribution in [0.1, 0.15) is 25.0 Å². The summed E-state index contributed by atoms with van der Waals surface area (Å²) in [6.07, 6.45) is 3.23. The van der Waals surface area contributed by atoms with Crippen LogP contribution in [-0.2, 0) is 6.42 Å². The summed E-state index contributed by atoms with van der Waals surface area (Å²) in [5.41, 5.74) is 9.83. The smallest absolute Gasteiger partial charge is 0.122 e. The molecule has 0 fully saturated rings. The molecular formula is C14H19NO. The molecule has 2 heteroatoms. The van der Waals surface area contributed by atoms with E-state index in [2.05, 4.69) is 26.0 Å². The number of benzene rings is 1. The molecule has 1 aromatic carbocycles. The van der Waals surface area contributed by atoms with Gasteiger partial charge in [-0.15, -0.1) is 0 Å². The Labute approximate surface area is 97.1 Å². The van der Waals surface area contributed by atoms with Crippen molar-refractivity contribution in [3.63, 3.8) is 0 Å². The summed E-state index contributed by atoms with van der Waals surface area (Å²) >= 11 is 0. The first kappa shape index (κ1) is 11.2. The summed E-state index contributed by atoms with van der Waals surface area (Å²) in [5, 5.41) is 0. The maximum absolute atomic E-state index is 5.84. The minimum atomic E-state index is 0.0393. The molecule has 0 heterocycles. The Morgan fingerprint density at radius 3 is 2.75 bits per heavy atom. The minimum Gasteiger partial charge on any atom is -0.496 e. The Balaban J connectivity index is 2.46. The summed E-state index contributed by atoms with van der Waals surface area (Å²) < 4.78 is 5.39. The molecule has 0 spiro atoms. The second-order valence-corrected chi connectivity index (χ2v) is 4.90. The highest BCUT2D eigenvalue weighted by molar-refractivity contribution is 5.78. The van der Waals surface area contributed by atoms with Crippen molar-refractivity contribution in [3.8, 4) is 5.75 Å². The number of hydrogen-bond donors (Lipinski definition) is 1. The fraction of sp³-hybridized carbons (Fsp3) is 0.429. The number of allylic oxidation sites excluding steroid dienone is 1. The Morgan fingerprint density at radius 1 is 1.38 bits per heavy atom. The van der Waals surface area contributed by atoms with Crippen molar-refractivity contribution in [2.45, 2.75) is 20.3 Å². The molecule has 0 radical (unpaired) electrons. The van der Waals surface area contributed by atoms with Gasteiger partial charge in [0, 0.05) is 17.5 Å². The largest absolute Gasteiger partial charge is 0.496 e. The maximum atomic E-state index is 5.84. The standard InChI is InChI=1S/C14H19NO/c1-14(2,9-15)12-8-7-11-10(12)5-4-6-13(11)16-3/h4-6,8H,7,9,15H2,1-3H3. The first-order valence-corrected chi connectivity index (χ1v) is 5.67. The third-order valence-electron chi connectivity index (χ3n) is 3.39. The Morgan fingerprint density at radius 2 is 2.12 bits per heavy atom. The van der Waals surface area contributed by atoms with Crippen molar-refractivity contribution in [1.82, 2.24) is 0 Å². The van der Waals surface area contributed by atoms with E-state index in [0.29, 0.717) is 6.54 Å². The third kappa shape index (κ3) is 1.63. The normalized spacial score (nSPS) is 14.6. The molecule has 0 aromatic heterocycles. The van der Waals surface area contributed by atoms with Crippen LogP contribution in [0.2, 0.25) is 0 Å². The highest BCUT2D eigenvalue weighted by Crippen LogP contribution is 2.42. The summed E-state index contributed by atoms with van der Waals surface area (Å²) in [7, 11) is 1.72. The predicted octanol–water partition coefficient (Wildman–Crippen LogP) is 2.62. The molecule has 1 aliphatic carbocycles. The Hall–Kier alpha value is -1.28. The van der Waals surface area contributed by atoms with Crippen molar-refractivity contribution in [2.75, 3.05) is 13.7 Å². The number of fused-ring (bicyclic) bond motifs is 1. The van der Waals surface area contributed by atoms with Gasteiger partial charge >= 0.3 is 0 Å². The molecule has 16 heavy (non-hydrogen) atoms. The van der Waals surface area contributed by atoms with Crippen LogP contribution in [0.15, 0.2) is 24.3 Å². The number of rotatable bonds is 3. The molecule has 1 aliphatic rings. The molecule has 0 bridgehead atoms. The molecule has 0 aliphatic heterocycles. The van der Waals surface area contributed by atoms with Crippen molar-refractivity contribution >= 4 is 5.57 Å². The second-order valence-electron chi connectivity index (χ2n) is 4.90. The molecule has 0 saturated heterocycles. The van der Waals surface area contributed by atoms with Crippen molar-refractivity contribution in [1.29, 1.82) is 0 Å². The average Bonchev–Trinajstić information content (AvgIpc) is 2.73. The fourth-order valence-electron chi connectivity index (χ4n) is 2.28. The van der Waals surface area contributed by atoms with Crippen LogP contribution in [0.3, 0.4) is 0 Å². The van der Waals surface area contributed by atoms with E-state index < -0.39 is 0 Å². The Kier molecular flexibility index (Phi) is 2.76. The van der Waals surface area contributed by atoms with Gasteiger partial charge in [-0.05, 0) is 23.6 Å². The van der Waals surface area contributed by atoms with Gasteiger partial charge in [0.05, 0.1) is 7.11 Å². The zero-order valence-electron chi connectivity index (χ0n) is 10.2. The molecule has 0 saturated carbocycles. The van der Waals surface area contributed by atoms with Gasteiger partial charge in [0.1, 0.15) is 5.75 Å². The predicted molar refractivity (Wildman–Crippen MR) is 67.5 cm³/mol. The van der Waals surface area contributed by atoms with Gasteiger partial charge in [0.15, 0.2) is 0 Å². The quantitative estimate of drug-likeness (QED) is 0.844. The summed E-state index contributed by atoms with van der Waals surface area (Å²) in [4.78, 5) is 0. The van der Waals surface area contributed by atoms with E-state index in [1.807, 2.05) is 12.1 Å². The highest BCUT2D eigenvalue weighted by atomic mass is 16.5. The molecule has 0 atom stereocenters. The van der Waals surface area contributed by atoms with E-state index >= 15 is 0 Å². The lowest BCUT2D eigenvalue weighted by Crippen LogP contribution is -2.24. The van der Waals surface area contributed by atoms with Crippen molar-refractivity contribution in [3.05, 3.63) is 35.4 Å². The van der Waals surface area contributed by atoms with E-state index in [-0.39, 0.29) is 5.41 Å². The monoisotopic (exact) mass is 217 g/mol. The molecule has 0 unspecified atom stereocenters. The van der Waals surface area contributed by atoms with Gasteiger partial charge in [-0.3, -0.25) is 0 Å². The summed E-state index contributed by atoms with van der Waals surface area (Å²) in [6.45, 7) is 5.04. The fourth-order valence-corrected chi connectivity index (χ4v) is 2.28. The van der Waals surface area contributed by atoms with E-state index in [4.69, 9.17) is 10.5 Å². The summed E-state index contributed by atoms with van der Waals surface area (Å²) in [6, 6.07) is 6.22. The number of ether oxygens (including phenoxy) is 1. The zero-order valence-corrected chi connectivity index (χ0v) is 10.2. The van der Waals surface area contributed by atoms with E-state index in [9.17, 15) is 0 Å². The second kappa shape index (κ2) is 3.95. The average molecular weight is 217 g/mol. The SMILES string of the molecule is COc1cccc2c1CC=C2C(C)(C)CN. The van der Waals surface area contributed by atoms with E-state index in [0.717, 1.165) is 12.2 Å².